The second-order valence-corrected chi connectivity index (χ2v) is 4.68. The first-order chi connectivity index (χ1) is 9.81. The summed E-state index contributed by atoms with van der Waals surface area (Å²) in [5.74, 6) is -1.75. The van der Waals surface area contributed by atoms with Crippen molar-refractivity contribution in [3.05, 3.63) is 28.1 Å². The summed E-state index contributed by atoms with van der Waals surface area (Å²) < 4.78 is 1.42. The highest BCUT2D eigenvalue weighted by Gasteiger charge is 2.37. The molecule has 0 atom stereocenters. The molecule has 0 aliphatic heterocycles. The summed E-state index contributed by atoms with van der Waals surface area (Å²) in [4.78, 5) is 33.9. The minimum absolute atomic E-state index is 0.0803. The first kappa shape index (κ1) is 16.7. The Morgan fingerprint density at radius 1 is 1.38 bits per heavy atom. The summed E-state index contributed by atoms with van der Waals surface area (Å²) in [5.41, 5.74) is -1.48. The Hall–Kier alpha value is -2.38. The predicted octanol–water partition coefficient (Wildman–Crippen LogP) is 1.79. The number of aryl methyl sites for hydroxylation is 1. The molecule has 1 aromatic heterocycles. The first-order valence-corrected chi connectivity index (χ1v) is 6.71. The van der Waals surface area contributed by atoms with Gasteiger partial charge >= 0.3 is 5.97 Å². The van der Waals surface area contributed by atoms with Crippen molar-refractivity contribution < 1.29 is 19.6 Å². The summed E-state index contributed by atoms with van der Waals surface area (Å²) in [5, 5.41) is 22.6. The van der Waals surface area contributed by atoms with Crippen molar-refractivity contribution in [2.24, 2.45) is 0 Å². The Kier molecular flexibility index (Phi) is 5.07. The van der Waals surface area contributed by atoms with Crippen molar-refractivity contribution in [1.29, 1.82) is 0 Å². The molecule has 0 saturated heterocycles. The van der Waals surface area contributed by atoms with Crippen LogP contribution in [0, 0.1) is 10.1 Å². The number of carboxylic acids is 1. The molecule has 0 bridgehead atoms. The molecule has 0 aliphatic rings. The van der Waals surface area contributed by atoms with Gasteiger partial charge in [0.15, 0.2) is 0 Å². The first-order valence-electron chi connectivity index (χ1n) is 6.71. The van der Waals surface area contributed by atoms with E-state index in [2.05, 4.69) is 5.32 Å². The third-order valence-electron chi connectivity index (χ3n) is 3.64. The van der Waals surface area contributed by atoms with Crippen LogP contribution in [0.4, 0.5) is 5.69 Å². The molecule has 1 aromatic rings. The molecule has 0 spiro atoms. The van der Waals surface area contributed by atoms with Gasteiger partial charge in [-0.05, 0) is 19.8 Å². The number of hydrogen-bond donors (Lipinski definition) is 2. The number of carbonyl (C=O) groups excluding carboxylic acids is 1. The Labute approximate surface area is 121 Å². The minimum Gasteiger partial charge on any atom is -0.480 e. The van der Waals surface area contributed by atoms with Crippen LogP contribution in [0.5, 0.6) is 0 Å². The third-order valence-corrected chi connectivity index (χ3v) is 3.64. The van der Waals surface area contributed by atoms with Crippen molar-refractivity contribution in [3.8, 4) is 0 Å². The molecule has 0 fully saturated rings. The SMILES string of the molecule is CCn1cc([N+](=O)[O-])cc1C(=O)NC(CC)(CC)C(=O)O. The molecule has 1 amide bonds. The lowest BCUT2D eigenvalue weighted by Gasteiger charge is -2.28. The highest BCUT2D eigenvalue weighted by Crippen LogP contribution is 2.20. The predicted molar refractivity (Wildman–Crippen MR) is 75.2 cm³/mol. The van der Waals surface area contributed by atoms with Crippen LogP contribution in [-0.4, -0.2) is 32.0 Å². The Morgan fingerprint density at radius 3 is 2.33 bits per heavy atom. The minimum atomic E-state index is -1.37. The smallest absolute Gasteiger partial charge is 0.329 e. The third kappa shape index (κ3) is 3.21. The number of carbonyl (C=O) groups is 2. The quantitative estimate of drug-likeness (QED) is 0.588. The van der Waals surface area contributed by atoms with E-state index in [0.717, 1.165) is 6.07 Å². The number of nitrogens with zero attached hydrogens (tertiary/aromatic N) is 2. The van der Waals surface area contributed by atoms with Crippen LogP contribution >= 0.6 is 0 Å². The number of aliphatic carboxylic acids is 1. The number of carboxylic acid groups (broad SMARTS) is 1. The van der Waals surface area contributed by atoms with E-state index >= 15 is 0 Å². The van der Waals surface area contributed by atoms with Crippen LogP contribution in [0.1, 0.15) is 44.1 Å². The van der Waals surface area contributed by atoms with Gasteiger partial charge in [-0.3, -0.25) is 14.9 Å². The fraction of sp³-hybridized carbons (Fsp3) is 0.538. The van der Waals surface area contributed by atoms with Gasteiger partial charge in [-0.2, -0.15) is 0 Å². The average molecular weight is 297 g/mol. The molecule has 0 aromatic carbocycles. The van der Waals surface area contributed by atoms with Gasteiger partial charge in [0.25, 0.3) is 11.6 Å². The van der Waals surface area contributed by atoms with E-state index in [1.807, 2.05) is 0 Å². The van der Waals surface area contributed by atoms with Crippen LogP contribution in [-0.2, 0) is 11.3 Å². The highest BCUT2D eigenvalue weighted by molar-refractivity contribution is 5.97. The molecule has 2 N–H and O–H groups in total. The zero-order valence-corrected chi connectivity index (χ0v) is 12.3. The van der Waals surface area contributed by atoms with Crippen LogP contribution in [0.15, 0.2) is 12.3 Å². The fourth-order valence-corrected chi connectivity index (χ4v) is 2.11. The van der Waals surface area contributed by atoms with Crippen molar-refractivity contribution in [2.45, 2.75) is 45.7 Å². The number of aromatic nitrogens is 1. The normalized spacial score (nSPS) is 11.2. The maximum atomic E-state index is 12.3. The van der Waals surface area contributed by atoms with Crippen LogP contribution in [0.25, 0.3) is 0 Å². The van der Waals surface area contributed by atoms with Crippen LogP contribution in [0.3, 0.4) is 0 Å². The number of amides is 1. The van der Waals surface area contributed by atoms with Gasteiger partial charge in [0.1, 0.15) is 11.2 Å². The van der Waals surface area contributed by atoms with Gasteiger partial charge in [0, 0.05) is 12.6 Å². The van der Waals surface area contributed by atoms with Crippen molar-refractivity contribution in [3.63, 3.8) is 0 Å². The molecule has 21 heavy (non-hydrogen) atoms. The summed E-state index contributed by atoms with van der Waals surface area (Å²) >= 11 is 0. The lowest BCUT2D eigenvalue weighted by Crippen LogP contribution is -2.54. The molecule has 116 valence electrons. The van der Waals surface area contributed by atoms with Gasteiger partial charge in [0.05, 0.1) is 11.1 Å². The largest absolute Gasteiger partial charge is 0.480 e. The van der Waals surface area contributed by atoms with Gasteiger partial charge in [0.2, 0.25) is 0 Å². The molecular weight excluding hydrogens is 278 g/mol. The summed E-state index contributed by atoms with van der Waals surface area (Å²) in [6.45, 7) is 5.44. The fourth-order valence-electron chi connectivity index (χ4n) is 2.11. The number of hydrogen-bond acceptors (Lipinski definition) is 4. The van der Waals surface area contributed by atoms with E-state index in [4.69, 9.17) is 0 Å². The average Bonchev–Trinajstić information content (AvgIpc) is 2.88. The van der Waals surface area contributed by atoms with Gasteiger partial charge < -0.3 is 15.0 Å². The van der Waals surface area contributed by atoms with E-state index < -0.39 is 22.3 Å². The lowest BCUT2D eigenvalue weighted by molar-refractivity contribution is -0.384. The second kappa shape index (κ2) is 6.38. The van der Waals surface area contributed by atoms with E-state index in [9.17, 15) is 24.8 Å². The molecule has 0 saturated carbocycles. The zero-order chi connectivity index (χ0) is 16.2. The standard InChI is InChI=1S/C13H19N3O5/c1-4-13(5-2,12(18)19)14-11(17)10-7-9(16(20)21)8-15(10)6-3/h7-8H,4-6H2,1-3H3,(H,14,17)(H,18,19). The van der Waals surface area contributed by atoms with Crippen LogP contribution in [0.2, 0.25) is 0 Å². The maximum absolute atomic E-state index is 12.3. The van der Waals surface area contributed by atoms with Crippen molar-refractivity contribution in [2.75, 3.05) is 0 Å². The summed E-state index contributed by atoms with van der Waals surface area (Å²) in [6, 6.07) is 1.15. The van der Waals surface area contributed by atoms with E-state index in [1.54, 1.807) is 20.8 Å². The molecule has 1 rings (SSSR count). The molecule has 1 heterocycles. The zero-order valence-electron chi connectivity index (χ0n) is 12.3. The molecular formula is C13H19N3O5. The Bertz CT molecular complexity index is 560. The van der Waals surface area contributed by atoms with E-state index in [-0.39, 0.29) is 24.2 Å². The molecule has 0 radical (unpaired) electrons. The van der Waals surface area contributed by atoms with Gasteiger partial charge in [-0.25, -0.2) is 4.79 Å². The van der Waals surface area contributed by atoms with Crippen molar-refractivity contribution >= 4 is 17.6 Å². The summed E-state index contributed by atoms with van der Waals surface area (Å²) in [7, 11) is 0. The molecule has 8 heteroatoms. The van der Waals surface area contributed by atoms with Gasteiger partial charge in [-0.1, -0.05) is 13.8 Å². The van der Waals surface area contributed by atoms with E-state index in [1.165, 1.54) is 10.8 Å². The number of nitrogens with one attached hydrogen (secondary N) is 1. The van der Waals surface area contributed by atoms with Crippen LogP contribution < -0.4 is 5.32 Å². The number of nitro groups is 1. The Morgan fingerprint density at radius 2 is 1.95 bits per heavy atom. The van der Waals surface area contributed by atoms with E-state index in [0.29, 0.717) is 6.54 Å². The van der Waals surface area contributed by atoms with Gasteiger partial charge in [-0.15, -0.1) is 0 Å². The topological polar surface area (TPSA) is 114 Å². The molecule has 8 nitrogen and oxygen atoms in total. The van der Waals surface area contributed by atoms with Crippen molar-refractivity contribution in [1.82, 2.24) is 9.88 Å². The molecule has 0 aliphatic carbocycles. The maximum Gasteiger partial charge on any atom is 0.329 e. The Balaban J connectivity index is 3.14. The second-order valence-electron chi connectivity index (χ2n) is 4.68. The number of rotatable bonds is 7. The monoisotopic (exact) mass is 297 g/mol. The lowest BCUT2D eigenvalue weighted by atomic mass is 9.93. The highest BCUT2D eigenvalue weighted by atomic mass is 16.6. The summed E-state index contributed by atoms with van der Waals surface area (Å²) in [6.07, 6.45) is 1.70. The molecule has 0 unspecified atom stereocenters.